The van der Waals surface area contributed by atoms with Crippen LogP contribution < -0.4 is 10.9 Å². The molecule has 0 saturated heterocycles. The number of nitrogens with zero attached hydrogens (tertiary/aromatic N) is 3. The lowest BCUT2D eigenvalue weighted by atomic mass is 9.93. The molecule has 3 aromatic heterocycles. The second-order valence-corrected chi connectivity index (χ2v) is 9.85. The molecule has 2 aromatic carbocycles. The highest BCUT2D eigenvalue weighted by atomic mass is 32.1. The molecule has 0 fully saturated rings. The average Bonchev–Trinajstić information content (AvgIpc) is 3.48. The summed E-state index contributed by atoms with van der Waals surface area (Å²) < 4.78 is 1.76. The SMILES string of the molecule is O=c1c2c3c(sc2ncn1Cc1ccc2ccccc2c1)CC(NCCc1cnc[nH]1)CC3. The molecule has 33 heavy (non-hydrogen) atoms. The number of hydrogen-bond acceptors (Lipinski definition) is 5. The molecule has 0 saturated carbocycles. The molecule has 1 atom stereocenters. The number of nitrogens with one attached hydrogen (secondary N) is 2. The number of H-pyrrole nitrogens is 1. The lowest BCUT2D eigenvalue weighted by Gasteiger charge is -2.23. The molecule has 0 bridgehead atoms. The zero-order chi connectivity index (χ0) is 22.2. The molecule has 0 aliphatic heterocycles. The van der Waals surface area contributed by atoms with Crippen molar-refractivity contribution >= 4 is 32.3 Å². The predicted molar refractivity (Wildman–Crippen MR) is 133 cm³/mol. The lowest BCUT2D eigenvalue weighted by molar-refractivity contribution is 0.466. The van der Waals surface area contributed by atoms with Crippen LogP contribution in [0.1, 0.15) is 28.1 Å². The number of aromatic amines is 1. The van der Waals surface area contributed by atoms with Gasteiger partial charge in [0.2, 0.25) is 0 Å². The van der Waals surface area contributed by atoms with Crippen LogP contribution in [0.5, 0.6) is 0 Å². The standard InChI is InChI=1S/C26H25N5OS/c32-26-24-22-8-7-20(28-10-9-21-13-27-15-29-21)12-23(22)33-25(24)30-16-31(26)14-17-5-6-18-3-1-2-4-19(18)11-17/h1-6,11,13,15-16,20,28H,7-10,12,14H2,(H,27,29). The Labute approximate surface area is 195 Å². The number of rotatable bonds is 6. The molecular formula is C26H25N5OS. The molecule has 3 heterocycles. The summed E-state index contributed by atoms with van der Waals surface area (Å²) in [6.07, 6.45) is 9.18. The van der Waals surface area contributed by atoms with E-state index in [4.69, 9.17) is 0 Å². The van der Waals surface area contributed by atoms with E-state index in [0.29, 0.717) is 12.6 Å². The number of imidazole rings is 1. The van der Waals surface area contributed by atoms with Gasteiger partial charge in [-0.25, -0.2) is 9.97 Å². The highest BCUT2D eigenvalue weighted by Gasteiger charge is 2.25. The van der Waals surface area contributed by atoms with Gasteiger partial charge < -0.3 is 10.3 Å². The molecule has 1 aliphatic rings. The van der Waals surface area contributed by atoms with E-state index in [1.807, 2.05) is 18.3 Å². The fraction of sp³-hybridized carbons (Fsp3) is 0.269. The molecule has 0 radical (unpaired) electrons. The first kappa shape index (κ1) is 20.3. The van der Waals surface area contributed by atoms with E-state index in [9.17, 15) is 4.79 Å². The molecule has 1 unspecified atom stereocenters. The van der Waals surface area contributed by atoms with Gasteiger partial charge in [-0.05, 0) is 47.2 Å². The van der Waals surface area contributed by atoms with Gasteiger partial charge in [-0.3, -0.25) is 9.36 Å². The fourth-order valence-electron chi connectivity index (χ4n) is 4.85. The van der Waals surface area contributed by atoms with E-state index >= 15 is 0 Å². The van der Waals surface area contributed by atoms with E-state index in [2.05, 4.69) is 50.6 Å². The van der Waals surface area contributed by atoms with Crippen molar-refractivity contribution in [2.75, 3.05) is 6.54 Å². The first-order valence-electron chi connectivity index (χ1n) is 11.4. The first-order chi connectivity index (χ1) is 16.2. The van der Waals surface area contributed by atoms with E-state index < -0.39 is 0 Å². The van der Waals surface area contributed by atoms with Gasteiger partial charge in [0.05, 0.1) is 24.6 Å². The predicted octanol–water partition coefficient (Wildman–Crippen LogP) is 4.07. The second-order valence-electron chi connectivity index (χ2n) is 8.76. The summed E-state index contributed by atoms with van der Waals surface area (Å²) >= 11 is 1.69. The summed E-state index contributed by atoms with van der Waals surface area (Å²) in [6, 6.07) is 15.1. The number of benzene rings is 2. The summed E-state index contributed by atoms with van der Waals surface area (Å²) in [4.78, 5) is 27.5. The summed E-state index contributed by atoms with van der Waals surface area (Å²) in [5, 5.41) is 6.90. The van der Waals surface area contributed by atoms with Gasteiger partial charge in [-0.2, -0.15) is 0 Å². The van der Waals surface area contributed by atoms with E-state index in [1.54, 1.807) is 28.6 Å². The van der Waals surface area contributed by atoms with Crippen LogP contribution in [0, 0.1) is 0 Å². The first-order valence-corrected chi connectivity index (χ1v) is 12.2. The minimum atomic E-state index is 0.0799. The van der Waals surface area contributed by atoms with Gasteiger partial charge in [-0.1, -0.05) is 36.4 Å². The normalized spacial score (nSPS) is 15.8. The van der Waals surface area contributed by atoms with Gasteiger partial charge >= 0.3 is 0 Å². The Morgan fingerprint density at radius 3 is 2.97 bits per heavy atom. The minimum Gasteiger partial charge on any atom is -0.348 e. The molecular weight excluding hydrogens is 430 g/mol. The van der Waals surface area contributed by atoms with Crippen molar-refractivity contribution in [3.8, 4) is 0 Å². The van der Waals surface area contributed by atoms with Gasteiger partial charge in [0.15, 0.2) is 0 Å². The van der Waals surface area contributed by atoms with Gasteiger partial charge in [-0.15, -0.1) is 11.3 Å². The number of aromatic nitrogens is 4. The Hall–Kier alpha value is -3.29. The minimum absolute atomic E-state index is 0.0799. The third-order valence-electron chi connectivity index (χ3n) is 6.58. The molecule has 6 nitrogen and oxygen atoms in total. The second kappa shape index (κ2) is 8.57. The van der Waals surface area contributed by atoms with Crippen molar-refractivity contribution < 1.29 is 0 Å². The van der Waals surface area contributed by atoms with Crippen LogP contribution in [0.3, 0.4) is 0 Å². The van der Waals surface area contributed by atoms with Crippen molar-refractivity contribution in [2.24, 2.45) is 0 Å². The van der Waals surface area contributed by atoms with Crippen molar-refractivity contribution in [3.63, 3.8) is 0 Å². The molecule has 166 valence electrons. The Morgan fingerprint density at radius 1 is 1.18 bits per heavy atom. The van der Waals surface area contributed by atoms with Crippen molar-refractivity contribution in [2.45, 2.75) is 38.3 Å². The Kier molecular flexibility index (Phi) is 5.28. The molecule has 5 aromatic rings. The number of hydrogen-bond donors (Lipinski definition) is 2. The zero-order valence-corrected chi connectivity index (χ0v) is 19.1. The van der Waals surface area contributed by atoms with Crippen LogP contribution in [0.15, 0.2) is 66.1 Å². The van der Waals surface area contributed by atoms with Crippen LogP contribution in [0.4, 0.5) is 0 Å². The molecule has 0 amide bonds. The smallest absolute Gasteiger partial charge is 0.262 e. The van der Waals surface area contributed by atoms with E-state index in [-0.39, 0.29) is 5.56 Å². The van der Waals surface area contributed by atoms with Crippen molar-refractivity contribution in [1.29, 1.82) is 0 Å². The quantitative estimate of drug-likeness (QED) is 0.405. The molecule has 7 heteroatoms. The maximum atomic E-state index is 13.4. The molecule has 6 rings (SSSR count). The lowest BCUT2D eigenvalue weighted by Crippen LogP contribution is -2.35. The van der Waals surface area contributed by atoms with Crippen LogP contribution in [0.2, 0.25) is 0 Å². The topological polar surface area (TPSA) is 75.6 Å². The highest BCUT2D eigenvalue weighted by molar-refractivity contribution is 7.18. The van der Waals surface area contributed by atoms with Crippen LogP contribution in [-0.4, -0.2) is 32.1 Å². The van der Waals surface area contributed by atoms with Crippen LogP contribution >= 0.6 is 11.3 Å². The van der Waals surface area contributed by atoms with Crippen LogP contribution in [0.25, 0.3) is 21.0 Å². The summed E-state index contributed by atoms with van der Waals surface area (Å²) in [5.41, 5.74) is 3.56. The fourth-order valence-corrected chi connectivity index (χ4v) is 6.11. The van der Waals surface area contributed by atoms with Gasteiger partial charge in [0, 0.05) is 35.8 Å². The van der Waals surface area contributed by atoms with Gasteiger partial charge in [0.25, 0.3) is 5.56 Å². The van der Waals surface area contributed by atoms with E-state index in [1.165, 1.54) is 21.2 Å². The summed E-state index contributed by atoms with van der Waals surface area (Å²) in [7, 11) is 0. The van der Waals surface area contributed by atoms with Crippen molar-refractivity contribution in [1.82, 2.24) is 24.8 Å². The third kappa shape index (κ3) is 3.98. The monoisotopic (exact) mass is 455 g/mol. The molecule has 0 spiro atoms. The zero-order valence-electron chi connectivity index (χ0n) is 18.3. The Morgan fingerprint density at radius 2 is 2.09 bits per heavy atom. The molecule has 2 N–H and O–H groups in total. The largest absolute Gasteiger partial charge is 0.348 e. The summed E-state index contributed by atoms with van der Waals surface area (Å²) in [5.74, 6) is 0. The number of thiophene rings is 1. The van der Waals surface area contributed by atoms with E-state index in [0.717, 1.165) is 53.7 Å². The third-order valence-corrected chi connectivity index (χ3v) is 7.75. The van der Waals surface area contributed by atoms with Crippen LogP contribution in [-0.2, 0) is 25.8 Å². The van der Waals surface area contributed by atoms with Crippen molar-refractivity contribution in [3.05, 3.63) is 93.4 Å². The van der Waals surface area contributed by atoms with Gasteiger partial charge in [0.1, 0.15) is 4.83 Å². The number of aryl methyl sites for hydroxylation is 1. The maximum absolute atomic E-state index is 13.4. The highest BCUT2D eigenvalue weighted by Crippen LogP contribution is 2.33. The number of fused-ring (bicyclic) bond motifs is 4. The summed E-state index contributed by atoms with van der Waals surface area (Å²) in [6.45, 7) is 1.46. The molecule has 1 aliphatic carbocycles. The maximum Gasteiger partial charge on any atom is 0.262 e. The Balaban J connectivity index is 1.22. The Bertz CT molecular complexity index is 1480. The average molecular weight is 456 g/mol.